The van der Waals surface area contributed by atoms with Crippen molar-refractivity contribution in [2.45, 2.75) is 51.9 Å². The van der Waals surface area contributed by atoms with Crippen LogP contribution in [0.25, 0.3) is 0 Å². The summed E-state index contributed by atoms with van der Waals surface area (Å²) < 4.78 is 0. The lowest BCUT2D eigenvalue weighted by Gasteiger charge is -2.34. The van der Waals surface area contributed by atoms with Gasteiger partial charge in [-0.2, -0.15) is 0 Å². The number of carbonyl (C=O) groups is 1. The number of benzene rings is 1. The zero-order valence-electron chi connectivity index (χ0n) is 15.5. The molecule has 1 aromatic rings. The Morgan fingerprint density at radius 3 is 2.72 bits per heavy atom. The minimum atomic E-state index is 0.155. The molecule has 1 aliphatic carbocycles. The number of carbonyl (C=O) groups excluding carboxylic acids is 1. The minimum Gasteiger partial charge on any atom is -0.326 e. The number of allylic oxidation sites excluding steroid dienone is 2. The number of nitrogens with zero attached hydrogens (tertiary/aromatic N) is 1. The quantitative estimate of drug-likeness (QED) is 0.756. The Morgan fingerprint density at radius 1 is 1.16 bits per heavy atom. The van der Waals surface area contributed by atoms with Crippen LogP contribution in [0.5, 0.6) is 0 Å². The van der Waals surface area contributed by atoms with Crippen LogP contribution in [0.4, 0.5) is 5.69 Å². The van der Waals surface area contributed by atoms with Crippen molar-refractivity contribution in [1.82, 2.24) is 4.90 Å². The second kappa shape index (κ2) is 9.19. The fraction of sp³-hybridized carbons (Fsp3) is 0.591. The zero-order valence-corrected chi connectivity index (χ0v) is 15.5. The Morgan fingerprint density at radius 2 is 2.00 bits per heavy atom. The van der Waals surface area contributed by atoms with Gasteiger partial charge in [0.25, 0.3) is 0 Å². The SMILES string of the molecule is Cc1cccc(NC(=O)CCC2CCN(CC3CC=CCC3)CC2)c1. The molecule has 1 N–H and O–H groups in total. The highest BCUT2D eigenvalue weighted by Crippen LogP contribution is 2.25. The lowest BCUT2D eigenvalue weighted by molar-refractivity contribution is -0.116. The molecule has 1 amide bonds. The number of aryl methyl sites for hydroxylation is 1. The van der Waals surface area contributed by atoms with E-state index >= 15 is 0 Å². The molecule has 1 saturated heterocycles. The maximum Gasteiger partial charge on any atom is 0.224 e. The first-order valence-electron chi connectivity index (χ1n) is 9.93. The highest BCUT2D eigenvalue weighted by Gasteiger charge is 2.22. The van der Waals surface area contributed by atoms with E-state index in [1.807, 2.05) is 31.2 Å². The molecule has 0 spiro atoms. The Bertz CT molecular complexity index is 587. The van der Waals surface area contributed by atoms with Crippen LogP contribution >= 0.6 is 0 Å². The standard InChI is InChI=1S/C22H32N2O/c1-18-6-5-9-21(16-18)23-22(25)11-10-19-12-14-24(15-13-19)17-20-7-3-2-4-8-20/h2-3,5-6,9,16,19-20H,4,7-8,10-15,17H2,1H3,(H,23,25). The van der Waals surface area contributed by atoms with E-state index in [-0.39, 0.29) is 5.91 Å². The molecule has 1 fully saturated rings. The van der Waals surface area contributed by atoms with E-state index in [0.29, 0.717) is 12.3 Å². The van der Waals surface area contributed by atoms with E-state index in [4.69, 9.17) is 0 Å². The van der Waals surface area contributed by atoms with Crippen molar-refractivity contribution in [3.8, 4) is 0 Å². The number of amides is 1. The number of nitrogens with one attached hydrogen (secondary N) is 1. The molecule has 3 nitrogen and oxygen atoms in total. The van der Waals surface area contributed by atoms with Gasteiger partial charge in [0.05, 0.1) is 0 Å². The summed E-state index contributed by atoms with van der Waals surface area (Å²) >= 11 is 0. The first-order chi connectivity index (χ1) is 12.2. The Kier molecular flexibility index (Phi) is 6.69. The molecule has 0 aromatic heterocycles. The first kappa shape index (κ1) is 18.2. The van der Waals surface area contributed by atoms with E-state index in [2.05, 4.69) is 22.4 Å². The molecule has 25 heavy (non-hydrogen) atoms. The Hall–Kier alpha value is -1.61. The number of piperidine rings is 1. The van der Waals surface area contributed by atoms with Crippen LogP contribution in [-0.2, 0) is 4.79 Å². The van der Waals surface area contributed by atoms with Crippen LogP contribution in [0.2, 0.25) is 0 Å². The van der Waals surface area contributed by atoms with Gasteiger partial charge >= 0.3 is 0 Å². The molecule has 3 heteroatoms. The fourth-order valence-corrected chi connectivity index (χ4v) is 4.13. The summed E-state index contributed by atoms with van der Waals surface area (Å²) in [7, 11) is 0. The molecule has 1 heterocycles. The van der Waals surface area contributed by atoms with Gasteiger partial charge in [-0.05, 0) is 88.1 Å². The largest absolute Gasteiger partial charge is 0.326 e. The van der Waals surface area contributed by atoms with Crippen molar-refractivity contribution in [1.29, 1.82) is 0 Å². The topological polar surface area (TPSA) is 32.3 Å². The summed E-state index contributed by atoms with van der Waals surface area (Å²) in [5, 5.41) is 3.03. The number of rotatable bonds is 6. The summed E-state index contributed by atoms with van der Waals surface area (Å²) in [4.78, 5) is 14.8. The lowest BCUT2D eigenvalue weighted by atomic mass is 9.89. The second-order valence-electron chi connectivity index (χ2n) is 7.85. The Balaban J connectivity index is 1.33. The molecule has 136 valence electrons. The predicted molar refractivity (Wildman–Crippen MR) is 105 cm³/mol. The molecule has 0 bridgehead atoms. The molecule has 0 radical (unpaired) electrons. The molecule has 1 aromatic carbocycles. The molecular formula is C22H32N2O. The van der Waals surface area contributed by atoms with Crippen molar-refractivity contribution in [3.05, 3.63) is 42.0 Å². The maximum atomic E-state index is 12.2. The third kappa shape index (κ3) is 6.00. The molecule has 0 saturated carbocycles. The summed E-state index contributed by atoms with van der Waals surface area (Å²) in [6.45, 7) is 5.74. The number of hydrogen-bond acceptors (Lipinski definition) is 2. The van der Waals surface area contributed by atoms with Crippen LogP contribution < -0.4 is 5.32 Å². The van der Waals surface area contributed by atoms with E-state index in [1.165, 1.54) is 57.3 Å². The van der Waals surface area contributed by atoms with Gasteiger partial charge < -0.3 is 10.2 Å². The average Bonchev–Trinajstić information content (AvgIpc) is 2.62. The minimum absolute atomic E-state index is 0.155. The van der Waals surface area contributed by atoms with Gasteiger partial charge in [0, 0.05) is 18.7 Å². The maximum absolute atomic E-state index is 12.2. The predicted octanol–water partition coefficient (Wildman–Crippen LogP) is 4.78. The number of likely N-dealkylation sites (tertiary alicyclic amines) is 1. The highest BCUT2D eigenvalue weighted by atomic mass is 16.1. The smallest absolute Gasteiger partial charge is 0.224 e. The van der Waals surface area contributed by atoms with Crippen molar-refractivity contribution < 1.29 is 4.79 Å². The van der Waals surface area contributed by atoms with E-state index in [1.54, 1.807) is 0 Å². The summed E-state index contributed by atoms with van der Waals surface area (Å²) in [6.07, 6.45) is 12.7. The van der Waals surface area contributed by atoms with Gasteiger partial charge in [-0.3, -0.25) is 4.79 Å². The van der Waals surface area contributed by atoms with Gasteiger partial charge in [0.1, 0.15) is 0 Å². The summed E-state index contributed by atoms with van der Waals surface area (Å²) in [6, 6.07) is 8.02. The zero-order chi connectivity index (χ0) is 17.5. The van der Waals surface area contributed by atoms with E-state index < -0.39 is 0 Å². The summed E-state index contributed by atoms with van der Waals surface area (Å²) in [5.74, 6) is 1.73. The third-order valence-corrected chi connectivity index (χ3v) is 5.68. The summed E-state index contributed by atoms with van der Waals surface area (Å²) in [5.41, 5.74) is 2.10. The highest BCUT2D eigenvalue weighted by molar-refractivity contribution is 5.90. The lowest BCUT2D eigenvalue weighted by Crippen LogP contribution is -2.37. The Labute approximate surface area is 152 Å². The van der Waals surface area contributed by atoms with Crippen LogP contribution in [0, 0.1) is 18.8 Å². The van der Waals surface area contributed by atoms with E-state index in [0.717, 1.165) is 18.0 Å². The van der Waals surface area contributed by atoms with Gasteiger partial charge in [-0.15, -0.1) is 0 Å². The van der Waals surface area contributed by atoms with Crippen LogP contribution in [0.3, 0.4) is 0 Å². The van der Waals surface area contributed by atoms with Crippen LogP contribution in [0.15, 0.2) is 36.4 Å². The molecule has 1 aliphatic heterocycles. The van der Waals surface area contributed by atoms with Gasteiger partial charge in [-0.25, -0.2) is 0 Å². The molecule has 3 rings (SSSR count). The van der Waals surface area contributed by atoms with Crippen molar-refractivity contribution in [2.75, 3.05) is 25.0 Å². The van der Waals surface area contributed by atoms with Gasteiger partial charge in [0.2, 0.25) is 5.91 Å². The molecule has 1 unspecified atom stereocenters. The van der Waals surface area contributed by atoms with Crippen molar-refractivity contribution >= 4 is 11.6 Å². The molecular weight excluding hydrogens is 308 g/mol. The third-order valence-electron chi connectivity index (χ3n) is 5.68. The van der Waals surface area contributed by atoms with Crippen molar-refractivity contribution in [3.63, 3.8) is 0 Å². The van der Waals surface area contributed by atoms with Crippen LogP contribution in [-0.4, -0.2) is 30.4 Å². The van der Waals surface area contributed by atoms with Gasteiger partial charge in [0.15, 0.2) is 0 Å². The van der Waals surface area contributed by atoms with Crippen LogP contribution in [0.1, 0.15) is 50.5 Å². The van der Waals surface area contributed by atoms with E-state index in [9.17, 15) is 4.79 Å². The average molecular weight is 341 g/mol. The normalized spacial score (nSPS) is 22.0. The molecule has 1 atom stereocenters. The fourth-order valence-electron chi connectivity index (χ4n) is 4.13. The van der Waals surface area contributed by atoms with Gasteiger partial charge in [-0.1, -0.05) is 24.3 Å². The number of hydrogen-bond donors (Lipinski definition) is 1. The second-order valence-corrected chi connectivity index (χ2v) is 7.85. The monoisotopic (exact) mass is 340 g/mol. The van der Waals surface area contributed by atoms with Crippen molar-refractivity contribution in [2.24, 2.45) is 11.8 Å². The molecule has 2 aliphatic rings. The first-order valence-corrected chi connectivity index (χ1v) is 9.93. The number of anilines is 1.